The van der Waals surface area contributed by atoms with Crippen LogP contribution in [-0.4, -0.2) is 30.0 Å². The molecule has 4 aromatic carbocycles. The number of aliphatic imine (C=N–C) groups is 2. The van der Waals surface area contributed by atoms with Crippen molar-refractivity contribution >= 4 is 39.3 Å². The zero-order chi connectivity index (χ0) is 24.5. The van der Waals surface area contributed by atoms with Gasteiger partial charge in [0.25, 0.3) is 0 Å². The van der Waals surface area contributed by atoms with Crippen LogP contribution in [0.25, 0.3) is 21.5 Å². The molecule has 3 N–H and O–H groups in total. The van der Waals surface area contributed by atoms with Gasteiger partial charge in [0.2, 0.25) is 0 Å². The van der Waals surface area contributed by atoms with Crippen LogP contribution in [-0.2, 0) is 0 Å². The molecular weight excluding hydrogens is 442 g/mol. The van der Waals surface area contributed by atoms with Crippen molar-refractivity contribution in [3.05, 3.63) is 120 Å². The van der Waals surface area contributed by atoms with Crippen molar-refractivity contribution in [1.29, 1.82) is 5.41 Å². The Morgan fingerprint density at radius 2 is 1.53 bits per heavy atom. The molecule has 2 aliphatic rings. The summed E-state index contributed by atoms with van der Waals surface area (Å²) in [7, 11) is 0. The van der Waals surface area contributed by atoms with Gasteiger partial charge in [-0.15, -0.1) is 0 Å². The lowest BCUT2D eigenvalue weighted by molar-refractivity contribution is 0.375. The molecule has 0 saturated carbocycles. The van der Waals surface area contributed by atoms with Gasteiger partial charge in [-0.25, -0.2) is 4.99 Å². The van der Waals surface area contributed by atoms with Crippen molar-refractivity contribution in [2.24, 2.45) is 9.98 Å². The van der Waals surface area contributed by atoms with Crippen molar-refractivity contribution in [3.63, 3.8) is 0 Å². The first-order valence-corrected chi connectivity index (χ1v) is 12.2. The largest absolute Gasteiger partial charge is 0.352 e. The SMILES string of the molecule is C/C=C(\C=N)C1=NC(C2NC(c3ccc4ccccc4c3)=NC(c3ccc4ccccc4c3)N2)C=C1. The van der Waals surface area contributed by atoms with Crippen molar-refractivity contribution in [2.75, 3.05) is 0 Å². The van der Waals surface area contributed by atoms with Gasteiger partial charge in [-0.2, -0.15) is 0 Å². The molecule has 2 heterocycles. The topological polar surface area (TPSA) is 72.6 Å². The molecule has 2 aliphatic heterocycles. The minimum Gasteiger partial charge on any atom is -0.352 e. The summed E-state index contributed by atoms with van der Waals surface area (Å²) in [6, 6.07) is 29.6. The average molecular weight is 470 g/mol. The third-order valence-corrected chi connectivity index (χ3v) is 6.84. The smallest absolute Gasteiger partial charge is 0.131 e. The average Bonchev–Trinajstić information content (AvgIpc) is 3.43. The summed E-state index contributed by atoms with van der Waals surface area (Å²) in [6.07, 6.45) is 6.99. The second kappa shape index (κ2) is 9.36. The fourth-order valence-corrected chi connectivity index (χ4v) is 4.89. The van der Waals surface area contributed by atoms with Crippen molar-refractivity contribution in [1.82, 2.24) is 10.6 Å². The van der Waals surface area contributed by atoms with Crippen LogP contribution in [0.15, 0.2) is 119 Å². The van der Waals surface area contributed by atoms with Crippen molar-refractivity contribution in [2.45, 2.75) is 25.3 Å². The lowest BCUT2D eigenvalue weighted by Gasteiger charge is -2.33. The fraction of sp³-hybridized carbons (Fsp3) is 0.129. The lowest BCUT2D eigenvalue weighted by atomic mass is 10.0. The number of allylic oxidation sites excluding steroid dienone is 3. The molecule has 5 nitrogen and oxygen atoms in total. The zero-order valence-corrected chi connectivity index (χ0v) is 20.0. The molecule has 0 fully saturated rings. The van der Waals surface area contributed by atoms with Crippen LogP contribution in [0.2, 0.25) is 0 Å². The summed E-state index contributed by atoms with van der Waals surface area (Å²) in [5.41, 5.74) is 3.81. The fourth-order valence-electron chi connectivity index (χ4n) is 4.89. The maximum Gasteiger partial charge on any atom is 0.131 e. The molecule has 0 amide bonds. The van der Waals surface area contributed by atoms with E-state index in [1.165, 1.54) is 27.8 Å². The number of hydrogen-bond acceptors (Lipinski definition) is 5. The highest BCUT2D eigenvalue weighted by Gasteiger charge is 2.31. The normalized spacial score (nSPS) is 21.8. The summed E-state index contributed by atoms with van der Waals surface area (Å²) < 4.78 is 0. The number of amidine groups is 1. The third-order valence-electron chi connectivity index (χ3n) is 6.84. The van der Waals surface area contributed by atoms with E-state index >= 15 is 0 Å². The van der Waals surface area contributed by atoms with E-state index in [0.29, 0.717) is 0 Å². The van der Waals surface area contributed by atoms with E-state index < -0.39 is 0 Å². The minimum atomic E-state index is -0.223. The van der Waals surface area contributed by atoms with Gasteiger partial charge < -0.3 is 10.7 Å². The predicted octanol–water partition coefficient (Wildman–Crippen LogP) is 5.93. The molecule has 0 aliphatic carbocycles. The van der Waals surface area contributed by atoms with E-state index in [0.717, 1.165) is 28.2 Å². The van der Waals surface area contributed by atoms with E-state index in [1.807, 2.05) is 19.1 Å². The first-order chi connectivity index (χ1) is 17.7. The molecule has 0 spiro atoms. The molecule has 36 heavy (non-hydrogen) atoms. The van der Waals surface area contributed by atoms with Gasteiger partial charge in [0.05, 0.1) is 5.71 Å². The van der Waals surface area contributed by atoms with Gasteiger partial charge >= 0.3 is 0 Å². The van der Waals surface area contributed by atoms with Crippen molar-refractivity contribution < 1.29 is 0 Å². The highest BCUT2D eigenvalue weighted by Crippen LogP contribution is 2.26. The summed E-state index contributed by atoms with van der Waals surface area (Å²) in [4.78, 5) is 10.0. The standard InChI is InChI=1S/C31H27N5/c1-2-20(19-32)27-15-16-28(33-27)31-35-29(25-13-11-21-7-3-5-9-23(21)17-25)34-30(36-31)26-14-12-22-8-4-6-10-24(22)18-26/h2-19,28-29,31-32,35H,1H3,(H,34,36)/b20-2+,32-19?. The van der Waals surface area contributed by atoms with Crippen molar-refractivity contribution in [3.8, 4) is 0 Å². The maximum absolute atomic E-state index is 7.70. The van der Waals surface area contributed by atoms with Crippen LogP contribution in [0.4, 0.5) is 0 Å². The first kappa shape index (κ1) is 22.1. The molecular formula is C31H27N5. The van der Waals surface area contributed by atoms with Gasteiger partial charge in [0, 0.05) is 17.4 Å². The van der Waals surface area contributed by atoms with E-state index in [2.05, 4.69) is 102 Å². The second-order valence-corrected chi connectivity index (χ2v) is 9.09. The monoisotopic (exact) mass is 469 g/mol. The van der Waals surface area contributed by atoms with Crippen LogP contribution in [0.5, 0.6) is 0 Å². The Balaban J connectivity index is 1.40. The Morgan fingerprint density at radius 1 is 0.833 bits per heavy atom. The second-order valence-electron chi connectivity index (χ2n) is 9.09. The summed E-state index contributed by atoms with van der Waals surface area (Å²) >= 11 is 0. The number of fused-ring (bicyclic) bond motifs is 2. The van der Waals surface area contributed by atoms with Crippen LogP contribution in [0, 0.1) is 5.41 Å². The summed E-state index contributed by atoms with van der Waals surface area (Å²) in [5, 5.41) is 19.8. The number of nitrogens with zero attached hydrogens (tertiary/aromatic N) is 2. The van der Waals surface area contributed by atoms with E-state index in [9.17, 15) is 0 Å². The summed E-state index contributed by atoms with van der Waals surface area (Å²) in [6.45, 7) is 1.93. The highest BCUT2D eigenvalue weighted by atomic mass is 15.3. The van der Waals surface area contributed by atoms with E-state index in [-0.39, 0.29) is 18.4 Å². The third kappa shape index (κ3) is 4.14. The minimum absolute atomic E-state index is 0.121. The quantitative estimate of drug-likeness (QED) is 0.317. The molecule has 176 valence electrons. The number of hydrogen-bond donors (Lipinski definition) is 3. The van der Waals surface area contributed by atoms with Crippen LogP contribution >= 0.6 is 0 Å². The van der Waals surface area contributed by atoms with E-state index in [4.69, 9.17) is 15.4 Å². The van der Waals surface area contributed by atoms with Crippen LogP contribution < -0.4 is 10.6 Å². The predicted molar refractivity (Wildman–Crippen MR) is 150 cm³/mol. The van der Waals surface area contributed by atoms with Gasteiger partial charge in [-0.3, -0.25) is 10.3 Å². The molecule has 0 radical (unpaired) electrons. The summed E-state index contributed by atoms with van der Waals surface area (Å²) in [5.74, 6) is 0.845. The Labute approximate surface area is 210 Å². The van der Waals surface area contributed by atoms with Gasteiger partial charge in [-0.05, 0) is 52.2 Å². The molecule has 0 saturated heterocycles. The van der Waals surface area contributed by atoms with Crippen LogP contribution in [0.1, 0.15) is 24.2 Å². The van der Waals surface area contributed by atoms with Gasteiger partial charge in [0.1, 0.15) is 24.2 Å². The number of benzene rings is 4. The Bertz CT molecular complexity index is 1590. The molecule has 6 rings (SSSR count). The van der Waals surface area contributed by atoms with Gasteiger partial charge in [0.15, 0.2) is 0 Å². The molecule has 0 aromatic heterocycles. The molecule has 3 unspecified atom stereocenters. The highest BCUT2D eigenvalue weighted by molar-refractivity contribution is 6.21. The molecule has 4 aromatic rings. The Morgan fingerprint density at radius 3 is 2.25 bits per heavy atom. The zero-order valence-electron chi connectivity index (χ0n) is 20.0. The molecule has 0 bridgehead atoms. The molecule has 3 atom stereocenters. The number of rotatable bonds is 5. The first-order valence-electron chi connectivity index (χ1n) is 12.2. The van der Waals surface area contributed by atoms with Gasteiger partial charge in [-0.1, -0.05) is 84.9 Å². The Hall–Kier alpha value is -4.35. The van der Waals surface area contributed by atoms with E-state index in [1.54, 1.807) is 0 Å². The maximum atomic E-state index is 7.70. The lowest BCUT2D eigenvalue weighted by Crippen LogP contribution is -2.56. The number of nitrogens with one attached hydrogen (secondary N) is 3. The van der Waals surface area contributed by atoms with Crippen LogP contribution in [0.3, 0.4) is 0 Å². The Kier molecular flexibility index (Phi) is 5.76. The molecule has 5 heteroatoms.